The minimum absolute atomic E-state index is 0.0562. The Bertz CT molecular complexity index is 1060. The highest BCUT2D eigenvalue weighted by atomic mass is 16.2. The molecule has 4 heteroatoms. The summed E-state index contributed by atoms with van der Waals surface area (Å²) in [7, 11) is 0. The average molecular weight is 370 g/mol. The van der Waals surface area contributed by atoms with E-state index in [1.165, 1.54) is 21.7 Å². The molecule has 0 spiro atoms. The number of fused-ring (bicyclic) bond motifs is 4. The Morgan fingerprint density at radius 2 is 1.68 bits per heavy atom. The second-order valence-corrected chi connectivity index (χ2v) is 8.39. The molecule has 0 fully saturated rings. The van der Waals surface area contributed by atoms with Crippen LogP contribution in [0.1, 0.15) is 52.6 Å². The number of allylic oxidation sites excluding steroid dienone is 2. The van der Waals surface area contributed by atoms with Crippen molar-refractivity contribution in [2.45, 2.75) is 38.8 Å². The molecule has 3 heterocycles. The van der Waals surface area contributed by atoms with Crippen molar-refractivity contribution < 1.29 is 9.59 Å². The molecule has 0 aromatic heterocycles. The Balaban J connectivity index is 1.49. The van der Waals surface area contributed by atoms with Gasteiger partial charge in [-0.2, -0.15) is 0 Å². The van der Waals surface area contributed by atoms with E-state index in [0.29, 0.717) is 17.7 Å². The molecule has 2 aromatic carbocycles. The van der Waals surface area contributed by atoms with Gasteiger partial charge >= 0.3 is 0 Å². The normalized spacial score (nSPS) is 21.5. The van der Waals surface area contributed by atoms with Crippen molar-refractivity contribution in [2.75, 3.05) is 4.90 Å². The number of benzene rings is 2. The maximum Gasteiger partial charge on any atom is 0.261 e. The molecule has 1 atom stereocenters. The molecule has 0 saturated carbocycles. The highest BCUT2D eigenvalue weighted by molar-refractivity contribution is 6.21. The van der Waals surface area contributed by atoms with Crippen LogP contribution in [-0.4, -0.2) is 22.8 Å². The van der Waals surface area contributed by atoms with Gasteiger partial charge in [0.1, 0.15) is 0 Å². The predicted octanol–water partition coefficient (Wildman–Crippen LogP) is 4.42. The highest BCUT2D eigenvalue weighted by Gasteiger charge is 2.44. The summed E-state index contributed by atoms with van der Waals surface area (Å²) >= 11 is 0. The third kappa shape index (κ3) is 2.24. The van der Waals surface area contributed by atoms with E-state index >= 15 is 0 Å². The summed E-state index contributed by atoms with van der Waals surface area (Å²) in [6, 6.07) is 13.6. The van der Waals surface area contributed by atoms with Crippen LogP contribution in [0, 0.1) is 0 Å². The van der Waals surface area contributed by atoms with Crippen molar-refractivity contribution in [1.29, 1.82) is 0 Å². The number of carbonyl (C=O) groups excluding carboxylic acids is 2. The molecule has 3 aliphatic rings. The van der Waals surface area contributed by atoms with Crippen molar-refractivity contribution in [3.8, 4) is 0 Å². The molecule has 2 amide bonds. The number of nitrogens with zero attached hydrogens (tertiary/aromatic N) is 2. The first-order valence-electron chi connectivity index (χ1n) is 9.61. The molecule has 0 radical (unpaired) electrons. The minimum Gasteiger partial charge on any atom is -0.340 e. The topological polar surface area (TPSA) is 40.6 Å². The van der Waals surface area contributed by atoms with Crippen LogP contribution in [-0.2, 0) is 12.0 Å². The first kappa shape index (κ1) is 17.0. The van der Waals surface area contributed by atoms with Crippen molar-refractivity contribution in [3.63, 3.8) is 0 Å². The van der Waals surface area contributed by atoms with Gasteiger partial charge in [-0.3, -0.25) is 14.5 Å². The monoisotopic (exact) mass is 370 g/mol. The summed E-state index contributed by atoms with van der Waals surface area (Å²) in [6.45, 7) is 6.93. The quantitative estimate of drug-likeness (QED) is 0.735. The summed E-state index contributed by atoms with van der Waals surface area (Å²) in [5.41, 5.74) is 5.63. The average Bonchev–Trinajstić information content (AvgIpc) is 3.06. The zero-order valence-electron chi connectivity index (χ0n) is 16.3. The van der Waals surface area contributed by atoms with Gasteiger partial charge in [0.25, 0.3) is 11.8 Å². The van der Waals surface area contributed by atoms with Gasteiger partial charge in [-0.05, 0) is 42.3 Å². The van der Waals surface area contributed by atoms with E-state index in [4.69, 9.17) is 0 Å². The second-order valence-electron chi connectivity index (χ2n) is 8.39. The van der Waals surface area contributed by atoms with Gasteiger partial charge in [0.2, 0.25) is 0 Å². The second kappa shape index (κ2) is 5.68. The lowest BCUT2D eigenvalue weighted by Gasteiger charge is -2.32. The maximum atomic E-state index is 12.7. The van der Waals surface area contributed by atoms with Crippen molar-refractivity contribution in [3.05, 3.63) is 88.6 Å². The van der Waals surface area contributed by atoms with Crippen LogP contribution >= 0.6 is 0 Å². The number of imide groups is 1. The van der Waals surface area contributed by atoms with Crippen LogP contribution in [0.25, 0.3) is 0 Å². The number of hydrogen-bond acceptors (Lipinski definition) is 3. The van der Waals surface area contributed by atoms with Crippen molar-refractivity contribution >= 4 is 17.5 Å². The summed E-state index contributed by atoms with van der Waals surface area (Å²) in [5.74, 6) is -0.418. The molecule has 5 rings (SSSR count). The van der Waals surface area contributed by atoms with Gasteiger partial charge in [-0.25, -0.2) is 0 Å². The fourth-order valence-corrected chi connectivity index (χ4v) is 4.61. The van der Waals surface area contributed by atoms with Crippen LogP contribution in [0.15, 0.2) is 66.4 Å². The SMILES string of the molecule is CC1=CC2N(C=C1)c1ccc(CN3C(=O)c4ccccc4C3=O)cc1C2(C)C. The van der Waals surface area contributed by atoms with E-state index < -0.39 is 0 Å². The van der Waals surface area contributed by atoms with Crippen LogP contribution in [0.4, 0.5) is 5.69 Å². The molecule has 3 aliphatic heterocycles. The van der Waals surface area contributed by atoms with Crippen LogP contribution in [0.3, 0.4) is 0 Å². The van der Waals surface area contributed by atoms with E-state index in [9.17, 15) is 9.59 Å². The summed E-state index contributed by atoms with van der Waals surface area (Å²) in [5, 5.41) is 0. The Kier molecular flexibility index (Phi) is 3.45. The molecule has 0 bridgehead atoms. The number of rotatable bonds is 2. The Morgan fingerprint density at radius 1 is 1.00 bits per heavy atom. The molecule has 4 nitrogen and oxygen atoms in total. The van der Waals surface area contributed by atoms with Crippen LogP contribution in [0.5, 0.6) is 0 Å². The summed E-state index contributed by atoms with van der Waals surface area (Å²) in [6.07, 6.45) is 6.59. The smallest absolute Gasteiger partial charge is 0.261 e. The van der Waals surface area contributed by atoms with Gasteiger partial charge in [0, 0.05) is 17.3 Å². The van der Waals surface area contributed by atoms with Crippen molar-refractivity contribution in [2.24, 2.45) is 0 Å². The summed E-state index contributed by atoms with van der Waals surface area (Å²) in [4.78, 5) is 29.1. The Labute approximate surface area is 164 Å². The zero-order valence-corrected chi connectivity index (χ0v) is 16.3. The molecule has 1 unspecified atom stereocenters. The largest absolute Gasteiger partial charge is 0.340 e. The lowest BCUT2D eigenvalue weighted by molar-refractivity contribution is 0.0642. The van der Waals surface area contributed by atoms with E-state index in [2.05, 4.69) is 56.2 Å². The minimum atomic E-state index is -0.209. The van der Waals surface area contributed by atoms with Gasteiger partial charge in [0.05, 0.1) is 23.7 Å². The third-order valence-electron chi connectivity index (χ3n) is 6.21. The molecule has 0 saturated heterocycles. The first-order chi connectivity index (χ1) is 13.4. The van der Waals surface area contributed by atoms with Crippen molar-refractivity contribution in [1.82, 2.24) is 4.90 Å². The van der Waals surface area contributed by atoms with Gasteiger partial charge < -0.3 is 4.90 Å². The third-order valence-corrected chi connectivity index (χ3v) is 6.21. The first-order valence-corrected chi connectivity index (χ1v) is 9.61. The van der Waals surface area contributed by atoms with Gasteiger partial charge in [0.15, 0.2) is 0 Å². The molecule has 140 valence electrons. The lowest BCUT2D eigenvalue weighted by Crippen LogP contribution is -2.38. The molecular weight excluding hydrogens is 348 g/mol. The molecule has 0 N–H and O–H groups in total. The fraction of sp³-hybridized carbons (Fsp3) is 0.250. The molecular formula is C24H22N2O2. The summed E-state index contributed by atoms with van der Waals surface area (Å²) < 4.78 is 0. The van der Waals surface area contributed by atoms with E-state index in [1.807, 2.05) is 6.07 Å². The van der Waals surface area contributed by atoms with Gasteiger partial charge in [-0.15, -0.1) is 0 Å². The number of amides is 2. The zero-order chi connectivity index (χ0) is 19.6. The van der Waals surface area contributed by atoms with Crippen LogP contribution in [0.2, 0.25) is 0 Å². The maximum absolute atomic E-state index is 12.7. The van der Waals surface area contributed by atoms with E-state index in [-0.39, 0.29) is 23.3 Å². The van der Waals surface area contributed by atoms with E-state index in [1.54, 1.807) is 24.3 Å². The lowest BCUT2D eigenvalue weighted by atomic mass is 9.79. The molecule has 2 aromatic rings. The Morgan fingerprint density at radius 3 is 2.36 bits per heavy atom. The van der Waals surface area contributed by atoms with Crippen LogP contribution < -0.4 is 4.90 Å². The number of carbonyl (C=O) groups is 2. The fourth-order valence-electron chi connectivity index (χ4n) is 4.61. The molecule has 28 heavy (non-hydrogen) atoms. The predicted molar refractivity (Wildman–Crippen MR) is 109 cm³/mol. The highest BCUT2D eigenvalue weighted by Crippen LogP contribution is 2.47. The number of anilines is 1. The Hall–Kier alpha value is -3.14. The van der Waals surface area contributed by atoms with E-state index in [0.717, 1.165) is 5.56 Å². The molecule has 0 aliphatic carbocycles. The number of hydrogen-bond donors (Lipinski definition) is 0. The standard InChI is InChI=1S/C24H22N2O2/c1-15-10-11-25-20-9-8-16(13-19(20)24(2,3)21(25)12-15)14-26-22(27)17-6-4-5-7-18(17)23(26)28/h4-13,21H,14H2,1-3H3. The van der Waals surface area contributed by atoms with Gasteiger partial charge in [-0.1, -0.05) is 49.8 Å².